The predicted octanol–water partition coefficient (Wildman–Crippen LogP) is 3.99. The molecule has 1 aromatic rings. The molecule has 0 saturated carbocycles. The number of anilines is 1. The van der Waals surface area contributed by atoms with Gasteiger partial charge in [-0.3, -0.25) is 4.79 Å². The molecule has 100 valence electrons. The normalized spacial score (nSPS) is 10.1. The number of hydrogen-bond acceptors (Lipinski definition) is 2. The van der Waals surface area contributed by atoms with Crippen molar-refractivity contribution < 1.29 is 9.53 Å². The number of unbranched alkanes of at least 4 members (excludes halogenated alkanes) is 4. The fourth-order valence-corrected chi connectivity index (χ4v) is 1.76. The summed E-state index contributed by atoms with van der Waals surface area (Å²) in [4.78, 5) is 10.9. The third-order valence-corrected chi connectivity index (χ3v) is 2.67. The average molecular weight is 249 g/mol. The number of carbonyl (C=O) groups excluding carboxylic acids is 1. The Morgan fingerprint density at radius 2 is 2.00 bits per heavy atom. The number of carbonyl (C=O) groups is 1. The predicted molar refractivity (Wildman–Crippen MR) is 75.0 cm³/mol. The van der Waals surface area contributed by atoms with E-state index < -0.39 is 0 Å². The summed E-state index contributed by atoms with van der Waals surface area (Å²) in [6.45, 7) is 4.46. The molecule has 0 fully saturated rings. The Balaban J connectivity index is 2.27. The van der Waals surface area contributed by atoms with Crippen LogP contribution in [-0.4, -0.2) is 12.5 Å². The second-order valence-corrected chi connectivity index (χ2v) is 4.47. The summed E-state index contributed by atoms with van der Waals surface area (Å²) in [5.74, 6) is 0.753. The van der Waals surface area contributed by atoms with Crippen LogP contribution in [0.4, 0.5) is 5.69 Å². The van der Waals surface area contributed by atoms with Crippen molar-refractivity contribution in [2.75, 3.05) is 11.9 Å². The molecule has 0 radical (unpaired) electrons. The van der Waals surface area contributed by atoms with Crippen molar-refractivity contribution in [3.8, 4) is 5.75 Å². The van der Waals surface area contributed by atoms with Crippen molar-refractivity contribution in [1.82, 2.24) is 0 Å². The van der Waals surface area contributed by atoms with Crippen LogP contribution in [0.1, 0.15) is 46.0 Å². The average Bonchev–Trinajstić information content (AvgIpc) is 2.33. The quantitative estimate of drug-likeness (QED) is 0.707. The first-order valence-electron chi connectivity index (χ1n) is 6.73. The van der Waals surface area contributed by atoms with E-state index in [-0.39, 0.29) is 5.91 Å². The van der Waals surface area contributed by atoms with Gasteiger partial charge in [-0.2, -0.15) is 0 Å². The molecule has 1 aromatic carbocycles. The maximum absolute atomic E-state index is 10.9. The highest BCUT2D eigenvalue weighted by molar-refractivity contribution is 5.88. The highest BCUT2D eigenvalue weighted by Crippen LogP contribution is 2.17. The van der Waals surface area contributed by atoms with Gasteiger partial charge in [-0.15, -0.1) is 0 Å². The highest BCUT2D eigenvalue weighted by atomic mass is 16.5. The van der Waals surface area contributed by atoms with Crippen molar-refractivity contribution >= 4 is 11.6 Å². The summed E-state index contributed by atoms with van der Waals surface area (Å²) >= 11 is 0. The molecule has 18 heavy (non-hydrogen) atoms. The van der Waals surface area contributed by atoms with Gasteiger partial charge in [-0.1, -0.05) is 38.7 Å². The summed E-state index contributed by atoms with van der Waals surface area (Å²) in [6.07, 6.45) is 6.16. The Labute approximate surface area is 110 Å². The number of hydrogen-bond donors (Lipinski definition) is 1. The van der Waals surface area contributed by atoms with E-state index in [1.807, 2.05) is 24.3 Å². The SMILES string of the molecule is CCCCCCCOc1cccc(NC(C)=O)c1. The van der Waals surface area contributed by atoms with Gasteiger partial charge >= 0.3 is 0 Å². The minimum absolute atomic E-state index is 0.0632. The lowest BCUT2D eigenvalue weighted by Crippen LogP contribution is -2.06. The Hall–Kier alpha value is -1.51. The van der Waals surface area contributed by atoms with E-state index in [0.29, 0.717) is 0 Å². The van der Waals surface area contributed by atoms with Crippen LogP contribution in [0, 0.1) is 0 Å². The summed E-state index contributed by atoms with van der Waals surface area (Å²) in [7, 11) is 0. The maximum atomic E-state index is 10.9. The second-order valence-electron chi connectivity index (χ2n) is 4.47. The van der Waals surface area contributed by atoms with Crippen molar-refractivity contribution in [1.29, 1.82) is 0 Å². The molecule has 3 heteroatoms. The van der Waals surface area contributed by atoms with Gasteiger partial charge in [0.1, 0.15) is 5.75 Å². The van der Waals surface area contributed by atoms with E-state index >= 15 is 0 Å². The Morgan fingerprint density at radius 3 is 2.72 bits per heavy atom. The second kappa shape index (κ2) is 8.56. The van der Waals surface area contributed by atoms with Crippen LogP contribution < -0.4 is 10.1 Å². The summed E-state index contributed by atoms with van der Waals surface area (Å²) in [5.41, 5.74) is 0.783. The minimum Gasteiger partial charge on any atom is -0.494 e. The lowest BCUT2D eigenvalue weighted by atomic mass is 10.2. The van der Waals surface area contributed by atoms with Crippen LogP contribution in [0.2, 0.25) is 0 Å². The molecule has 0 aliphatic rings. The van der Waals surface area contributed by atoms with Gasteiger partial charge in [-0.05, 0) is 18.6 Å². The largest absolute Gasteiger partial charge is 0.494 e. The van der Waals surface area contributed by atoms with Crippen molar-refractivity contribution in [3.63, 3.8) is 0 Å². The molecule has 0 bridgehead atoms. The number of rotatable bonds is 8. The minimum atomic E-state index is -0.0632. The molecule has 1 rings (SSSR count). The highest BCUT2D eigenvalue weighted by Gasteiger charge is 1.98. The molecule has 0 aliphatic heterocycles. The van der Waals surface area contributed by atoms with Crippen molar-refractivity contribution in [3.05, 3.63) is 24.3 Å². The molecular formula is C15H23NO2. The molecule has 0 saturated heterocycles. The van der Waals surface area contributed by atoms with Gasteiger partial charge in [0.25, 0.3) is 0 Å². The Bertz CT molecular complexity index is 363. The van der Waals surface area contributed by atoms with E-state index in [9.17, 15) is 4.79 Å². The first-order valence-corrected chi connectivity index (χ1v) is 6.73. The maximum Gasteiger partial charge on any atom is 0.221 e. The zero-order valence-corrected chi connectivity index (χ0v) is 11.4. The summed E-state index contributed by atoms with van der Waals surface area (Å²) in [5, 5.41) is 2.74. The van der Waals surface area contributed by atoms with Crippen LogP contribution in [0.5, 0.6) is 5.75 Å². The molecule has 0 aromatic heterocycles. The molecule has 1 N–H and O–H groups in total. The van der Waals surface area contributed by atoms with Gasteiger partial charge in [0, 0.05) is 18.7 Å². The van der Waals surface area contributed by atoms with Crippen LogP contribution in [0.3, 0.4) is 0 Å². The first kappa shape index (κ1) is 14.6. The van der Waals surface area contributed by atoms with E-state index in [0.717, 1.165) is 24.5 Å². The van der Waals surface area contributed by atoms with Crippen molar-refractivity contribution in [2.45, 2.75) is 46.0 Å². The third-order valence-electron chi connectivity index (χ3n) is 2.67. The Kier molecular flexibility index (Phi) is 6.92. The van der Waals surface area contributed by atoms with Gasteiger partial charge < -0.3 is 10.1 Å². The molecule has 3 nitrogen and oxygen atoms in total. The van der Waals surface area contributed by atoms with E-state index in [1.54, 1.807) is 0 Å². The lowest BCUT2D eigenvalue weighted by Gasteiger charge is -2.08. The van der Waals surface area contributed by atoms with Crippen LogP contribution in [0.25, 0.3) is 0 Å². The zero-order valence-electron chi connectivity index (χ0n) is 11.4. The molecule has 0 unspecified atom stereocenters. The van der Waals surface area contributed by atoms with Crippen LogP contribution >= 0.6 is 0 Å². The van der Waals surface area contributed by atoms with Crippen LogP contribution in [-0.2, 0) is 4.79 Å². The molecule has 0 heterocycles. The van der Waals surface area contributed by atoms with Crippen molar-refractivity contribution in [2.24, 2.45) is 0 Å². The molecular weight excluding hydrogens is 226 g/mol. The van der Waals surface area contributed by atoms with E-state index in [2.05, 4.69) is 12.2 Å². The smallest absolute Gasteiger partial charge is 0.221 e. The first-order chi connectivity index (χ1) is 8.72. The van der Waals surface area contributed by atoms with Gasteiger partial charge in [0.2, 0.25) is 5.91 Å². The van der Waals surface area contributed by atoms with Gasteiger partial charge in [0.05, 0.1) is 6.61 Å². The number of nitrogens with one attached hydrogen (secondary N) is 1. The zero-order chi connectivity index (χ0) is 13.2. The third kappa shape index (κ3) is 6.28. The van der Waals surface area contributed by atoms with E-state index in [1.165, 1.54) is 32.6 Å². The topological polar surface area (TPSA) is 38.3 Å². The number of amides is 1. The number of ether oxygens (including phenoxy) is 1. The molecule has 0 spiro atoms. The fraction of sp³-hybridized carbons (Fsp3) is 0.533. The molecule has 0 aliphatic carbocycles. The van der Waals surface area contributed by atoms with Crippen LogP contribution in [0.15, 0.2) is 24.3 Å². The number of benzene rings is 1. The van der Waals surface area contributed by atoms with Gasteiger partial charge in [-0.25, -0.2) is 0 Å². The molecule has 1 amide bonds. The lowest BCUT2D eigenvalue weighted by molar-refractivity contribution is -0.114. The Morgan fingerprint density at radius 1 is 1.22 bits per heavy atom. The standard InChI is InChI=1S/C15H23NO2/c1-3-4-5-6-7-11-18-15-10-8-9-14(12-15)16-13(2)17/h8-10,12H,3-7,11H2,1-2H3,(H,16,17). The monoisotopic (exact) mass is 249 g/mol. The summed E-state index contributed by atoms with van der Waals surface area (Å²) < 4.78 is 5.66. The molecule has 0 atom stereocenters. The van der Waals surface area contributed by atoms with E-state index in [4.69, 9.17) is 4.74 Å². The van der Waals surface area contributed by atoms with Gasteiger partial charge in [0.15, 0.2) is 0 Å². The fourth-order valence-electron chi connectivity index (χ4n) is 1.76. The summed E-state index contributed by atoms with van der Waals surface area (Å²) in [6, 6.07) is 7.51.